The van der Waals surface area contributed by atoms with Crippen molar-refractivity contribution < 1.29 is 14.3 Å². The molecule has 8 heteroatoms. The zero-order valence-corrected chi connectivity index (χ0v) is 21.8. The average molecular weight is 492 g/mol. The Bertz CT molecular complexity index is 1210. The number of likely N-dealkylation sites (N-methyl/N-ethyl adjacent to an activating group) is 1. The lowest BCUT2D eigenvalue weighted by Crippen LogP contribution is -2.57. The molecule has 0 bridgehead atoms. The lowest BCUT2D eigenvalue weighted by molar-refractivity contribution is -0.141. The Hall–Kier alpha value is -3.23. The van der Waals surface area contributed by atoms with Crippen LogP contribution in [0.1, 0.15) is 32.3 Å². The lowest BCUT2D eigenvalue weighted by atomic mass is 9.97. The fourth-order valence-electron chi connectivity index (χ4n) is 5.18. The predicted molar refractivity (Wildman–Crippen MR) is 142 cm³/mol. The average Bonchev–Trinajstić information content (AvgIpc) is 3.49. The topological polar surface area (TPSA) is 88.5 Å². The van der Waals surface area contributed by atoms with Crippen LogP contribution >= 0.6 is 0 Å². The maximum atomic E-state index is 13.8. The molecule has 36 heavy (non-hydrogen) atoms. The van der Waals surface area contributed by atoms with E-state index in [1.165, 1.54) is 5.56 Å². The smallest absolute Gasteiger partial charge is 0.248 e. The van der Waals surface area contributed by atoms with Crippen LogP contribution in [0.2, 0.25) is 0 Å². The zero-order chi connectivity index (χ0) is 25.8. The summed E-state index contributed by atoms with van der Waals surface area (Å²) in [5.74, 6) is -0.315. The van der Waals surface area contributed by atoms with E-state index in [2.05, 4.69) is 38.4 Å². The van der Waals surface area contributed by atoms with Crippen molar-refractivity contribution in [1.29, 1.82) is 0 Å². The third kappa shape index (κ3) is 5.01. The van der Waals surface area contributed by atoms with Gasteiger partial charge in [0.2, 0.25) is 11.8 Å². The highest BCUT2D eigenvalue weighted by Crippen LogP contribution is 2.35. The first-order valence-electron chi connectivity index (χ1n) is 12.7. The third-order valence-electron chi connectivity index (χ3n) is 7.43. The van der Waals surface area contributed by atoms with Crippen LogP contribution in [-0.4, -0.2) is 71.2 Å². The maximum absolute atomic E-state index is 13.8. The number of hydrogen-bond acceptors (Lipinski definition) is 5. The van der Waals surface area contributed by atoms with Gasteiger partial charge in [0, 0.05) is 38.3 Å². The van der Waals surface area contributed by atoms with Gasteiger partial charge in [-0.15, -0.1) is 0 Å². The first-order valence-corrected chi connectivity index (χ1v) is 12.7. The molecule has 1 aliphatic rings. The van der Waals surface area contributed by atoms with Crippen molar-refractivity contribution in [2.45, 2.75) is 57.3 Å². The minimum absolute atomic E-state index is 0.0240. The summed E-state index contributed by atoms with van der Waals surface area (Å²) >= 11 is 0. The molecule has 4 rings (SSSR count). The van der Waals surface area contributed by atoms with Crippen LogP contribution in [0.3, 0.4) is 0 Å². The van der Waals surface area contributed by atoms with Gasteiger partial charge in [-0.05, 0) is 63.4 Å². The van der Waals surface area contributed by atoms with E-state index in [9.17, 15) is 9.59 Å². The molecule has 2 aromatic heterocycles. The van der Waals surface area contributed by atoms with Crippen molar-refractivity contribution in [3.63, 3.8) is 0 Å². The van der Waals surface area contributed by atoms with Gasteiger partial charge in [0.05, 0.1) is 17.8 Å². The summed E-state index contributed by atoms with van der Waals surface area (Å²) in [5.41, 5.74) is 4.38. The monoisotopic (exact) mass is 491 g/mol. The molecule has 4 atom stereocenters. The number of nitrogens with one attached hydrogen (secondary N) is 2. The maximum Gasteiger partial charge on any atom is 0.248 e. The van der Waals surface area contributed by atoms with E-state index >= 15 is 0 Å². The van der Waals surface area contributed by atoms with Crippen LogP contribution in [-0.2, 0) is 27.8 Å². The van der Waals surface area contributed by atoms with Crippen LogP contribution in [0.4, 0.5) is 0 Å². The summed E-state index contributed by atoms with van der Waals surface area (Å²) in [6.07, 6.45) is 3.92. The molecule has 1 saturated heterocycles. The zero-order valence-electron chi connectivity index (χ0n) is 21.8. The first-order chi connectivity index (χ1) is 17.4. The van der Waals surface area contributed by atoms with E-state index < -0.39 is 18.2 Å². The predicted octanol–water partition coefficient (Wildman–Crippen LogP) is 2.90. The van der Waals surface area contributed by atoms with Gasteiger partial charge in [0.15, 0.2) is 0 Å². The number of pyridine rings is 1. The standard InChI is InChI=1S/C28H37N5O3/c1-18(29-3)27(34)31-24(19(2)36-5)28(35)33-16-10-13-21(33)17-23-22-14-9-15-30-26(22)32(4)25(23)20-11-7-6-8-12-20/h6-9,11-12,14-15,18-19,21,24,29H,10,13,16-17H2,1-5H3,(H,31,34)/t18-,19?,21+,24-/m0/s1. The molecular weight excluding hydrogens is 454 g/mol. The summed E-state index contributed by atoms with van der Waals surface area (Å²) in [4.78, 5) is 33.0. The van der Waals surface area contributed by atoms with Crippen LogP contribution in [0.15, 0.2) is 48.7 Å². The minimum atomic E-state index is -0.748. The van der Waals surface area contributed by atoms with Crippen LogP contribution in [0, 0.1) is 0 Å². The molecule has 1 fully saturated rings. The second-order valence-corrected chi connectivity index (χ2v) is 9.60. The number of amides is 2. The van der Waals surface area contributed by atoms with Crippen LogP contribution in [0.25, 0.3) is 22.3 Å². The summed E-state index contributed by atoms with van der Waals surface area (Å²) in [5, 5.41) is 6.96. The number of benzene rings is 1. The van der Waals surface area contributed by atoms with Crippen LogP contribution in [0.5, 0.6) is 0 Å². The van der Waals surface area contributed by atoms with E-state index in [-0.39, 0.29) is 17.9 Å². The molecule has 1 aromatic carbocycles. The Morgan fingerprint density at radius 1 is 1.17 bits per heavy atom. The van der Waals surface area contributed by atoms with Crippen molar-refractivity contribution in [1.82, 2.24) is 25.1 Å². The number of carbonyl (C=O) groups is 2. The quantitative estimate of drug-likeness (QED) is 0.481. The summed E-state index contributed by atoms with van der Waals surface area (Å²) in [7, 11) is 5.34. The molecule has 0 spiro atoms. The summed E-state index contributed by atoms with van der Waals surface area (Å²) < 4.78 is 7.65. The molecule has 3 heterocycles. The Morgan fingerprint density at radius 3 is 2.61 bits per heavy atom. The molecule has 0 radical (unpaired) electrons. The van der Waals surface area contributed by atoms with Crippen molar-refractivity contribution in [3.05, 3.63) is 54.2 Å². The lowest BCUT2D eigenvalue weighted by Gasteiger charge is -2.32. The van der Waals surface area contributed by atoms with Gasteiger partial charge >= 0.3 is 0 Å². The third-order valence-corrected chi connectivity index (χ3v) is 7.43. The Labute approximate surface area is 213 Å². The Kier molecular flexibility index (Phi) is 8.06. The van der Waals surface area contributed by atoms with Gasteiger partial charge < -0.3 is 24.8 Å². The number of aryl methyl sites for hydroxylation is 1. The number of carbonyl (C=O) groups excluding carboxylic acids is 2. The van der Waals surface area contributed by atoms with Gasteiger partial charge in [-0.3, -0.25) is 9.59 Å². The first kappa shape index (κ1) is 25.9. The second kappa shape index (κ2) is 11.2. The number of methoxy groups -OCH3 is 1. The van der Waals surface area contributed by atoms with Gasteiger partial charge in [-0.25, -0.2) is 4.98 Å². The molecule has 3 aromatic rings. The number of aromatic nitrogens is 2. The fourth-order valence-corrected chi connectivity index (χ4v) is 5.18. The number of rotatable bonds is 9. The highest BCUT2D eigenvalue weighted by Gasteiger charge is 2.38. The van der Waals surface area contributed by atoms with Crippen molar-refractivity contribution >= 4 is 22.8 Å². The SMILES string of the molecule is CN[C@@H](C)C(=O)N[C@H](C(=O)N1CCC[C@@H]1Cc1c(-c2ccccc2)n(C)c2ncccc12)C(C)OC. The minimum Gasteiger partial charge on any atom is -0.379 e. The Balaban J connectivity index is 1.67. The van der Waals surface area contributed by atoms with E-state index in [1.807, 2.05) is 49.3 Å². The molecule has 1 unspecified atom stereocenters. The highest BCUT2D eigenvalue weighted by molar-refractivity contribution is 5.91. The number of hydrogen-bond donors (Lipinski definition) is 2. The second-order valence-electron chi connectivity index (χ2n) is 9.60. The van der Waals surface area contributed by atoms with E-state index in [0.717, 1.165) is 35.1 Å². The highest BCUT2D eigenvalue weighted by atomic mass is 16.5. The largest absolute Gasteiger partial charge is 0.379 e. The summed E-state index contributed by atoms with van der Waals surface area (Å²) in [6, 6.07) is 13.3. The molecular formula is C28H37N5O3. The van der Waals surface area contributed by atoms with Gasteiger partial charge in [-0.2, -0.15) is 0 Å². The number of likely N-dealkylation sites (tertiary alicyclic amines) is 1. The summed E-state index contributed by atoms with van der Waals surface area (Å²) in [6.45, 7) is 4.26. The van der Waals surface area contributed by atoms with E-state index in [0.29, 0.717) is 13.0 Å². The molecule has 1 aliphatic heterocycles. The van der Waals surface area contributed by atoms with Crippen molar-refractivity contribution in [2.24, 2.45) is 7.05 Å². The number of nitrogens with zero attached hydrogens (tertiary/aromatic N) is 3. The molecule has 192 valence electrons. The molecule has 0 aliphatic carbocycles. The molecule has 2 N–H and O–H groups in total. The number of ether oxygens (including phenoxy) is 1. The molecule has 0 saturated carbocycles. The van der Waals surface area contributed by atoms with Gasteiger partial charge in [0.1, 0.15) is 11.7 Å². The molecule has 8 nitrogen and oxygen atoms in total. The Morgan fingerprint density at radius 2 is 1.92 bits per heavy atom. The molecule has 2 amide bonds. The van der Waals surface area contributed by atoms with Gasteiger partial charge in [0.25, 0.3) is 0 Å². The fraction of sp³-hybridized carbons (Fsp3) is 0.464. The van der Waals surface area contributed by atoms with E-state index in [4.69, 9.17) is 4.74 Å². The van der Waals surface area contributed by atoms with Gasteiger partial charge in [-0.1, -0.05) is 30.3 Å². The normalized spacial score (nSPS) is 18.2. The van der Waals surface area contributed by atoms with Crippen LogP contribution < -0.4 is 10.6 Å². The van der Waals surface area contributed by atoms with Crippen molar-refractivity contribution in [2.75, 3.05) is 20.7 Å². The number of fused-ring (bicyclic) bond motifs is 1. The van der Waals surface area contributed by atoms with Crippen molar-refractivity contribution in [3.8, 4) is 11.3 Å². The van der Waals surface area contributed by atoms with E-state index in [1.54, 1.807) is 21.1 Å².